The summed E-state index contributed by atoms with van der Waals surface area (Å²) in [6, 6.07) is 11.0. The fourth-order valence-corrected chi connectivity index (χ4v) is 5.07. The Hall–Kier alpha value is -2.85. The lowest BCUT2D eigenvalue weighted by Crippen LogP contribution is -2.60. The summed E-state index contributed by atoms with van der Waals surface area (Å²) in [6.07, 6.45) is 1.62. The first-order valence-electron chi connectivity index (χ1n) is 9.37. The molecule has 3 aromatic rings. The molecule has 0 fully saturated rings. The summed E-state index contributed by atoms with van der Waals surface area (Å²) in [6.45, 7) is 5.81. The van der Waals surface area contributed by atoms with Crippen LogP contribution in [0.3, 0.4) is 0 Å². The highest BCUT2D eigenvalue weighted by atomic mass is 32.2. The summed E-state index contributed by atoms with van der Waals surface area (Å²) in [4.78, 5) is 27.5. The molecular formula is C20H21N5O3S2. The number of benzene rings is 1. The maximum Gasteiger partial charge on any atom is 0.250 e. The van der Waals surface area contributed by atoms with Crippen molar-refractivity contribution in [2.75, 3.05) is 15.5 Å². The first-order valence-corrected chi connectivity index (χ1v) is 11.1. The van der Waals surface area contributed by atoms with Crippen molar-refractivity contribution in [3.8, 4) is 0 Å². The standard InChI is InChI=1S/C20H21N5O3S2/c1-12(29-19-24-23-18(30-19)21-11-13-7-6-10-28-13)16(26)25-15-9-5-4-8-14(15)22-17(27)20(25,2)3/h4-10,12H,11H2,1-3H3,(H,21,23)(H,22,27)/t12-/m1/s1. The zero-order valence-corrected chi connectivity index (χ0v) is 18.3. The molecule has 1 atom stereocenters. The number of aromatic nitrogens is 2. The molecule has 1 aromatic carbocycles. The highest BCUT2D eigenvalue weighted by molar-refractivity contribution is 8.02. The second-order valence-electron chi connectivity index (χ2n) is 7.27. The Bertz CT molecular complexity index is 1060. The predicted molar refractivity (Wildman–Crippen MR) is 118 cm³/mol. The summed E-state index contributed by atoms with van der Waals surface area (Å²) >= 11 is 2.70. The van der Waals surface area contributed by atoms with Crippen LogP contribution in [0.25, 0.3) is 0 Å². The molecular weight excluding hydrogens is 422 g/mol. The van der Waals surface area contributed by atoms with Gasteiger partial charge in [0.15, 0.2) is 4.34 Å². The topological polar surface area (TPSA) is 100 Å². The lowest BCUT2D eigenvalue weighted by atomic mass is 9.96. The van der Waals surface area contributed by atoms with E-state index in [1.54, 1.807) is 31.1 Å². The first kappa shape index (κ1) is 20.4. The molecule has 2 amide bonds. The number of rotatable bonds is 6. The summed E-state index contributed by atoms with van der Waals surface area (Å²) in [5, 5.41) is 14.5. The van der Waals surface area contributed by atoms with Gasteiger partial charge in [-0.2, -0.15) is 0 Å². The molecule has 3 heterocycles. The van der Waals surface area contributed by atoms with Gasteiger partial charge in [-0.05, 0) is 45.0 Å². The predicted octanol–water partition coefficient (Wildman–Crippen LogP) is 3.99. The molecule has 0 bridgehead atoms. The normalized spacial score (nSPS) is 16.0. The number of anilines is 3. The minimum Gasteiger partial charge on any atom is -0.467 e. The molecule has 1 aliphatic heterocycles. The Labute approximate surface area is 182 Å². The summed E-state index contributed by atoms with van der Waals surface area (Å²) in [5.74, 6) is 0.423. The third-order valence-electron chi connectivity index (χ3n) is 4.75. The zero-order chi connectivity index (χ0) is 21.3. The van der Waals surface area contributed by atoms with Gasteiger partial charge in [0, 0.05) is 0 Å². The van der Waals surface area contributed by atoms with Crippen molar-refractivity contribution in [3.63, 3.8) is 0 Å². The number of hydrogen-bond acceptors (Lipinski definition) is 8. The monoisotopic (exact) mass is 443 g/mol. The number of fused-ring (bicyclic) bond motifs is 1. The van der Waals surface area contributed by atoms with Crippen molar-refractivity contribution in [2.45, 2.75) is 42.4 Å². The van der Waals surface area contributed by atoms with E-state index >= 15 is 0 Å². The van der Waals surface area contributed by atoms with Gasteiger partial charge in [0.05, 0.1) is 29.4 Å². The van der Waals surface area contributed by atoms with Crippen LogP contribution in [0, 0.1) is 0 Å². The van der Waals surface area contributed by atoms with Crippen molar-refractivity contribution in [1.82, 2.24) is 10.2 Å². The molecule has 4 rings (SSSR count). The number of hydrogen-bond donors (Lipinski definition) is 2. The molecule has 0 aliphatic carbocycles. The van der Waals surface area contributed by atoms with Crippen LogP contribution in [0.1, 0.15) is 26.5 Å². The van der Waals surface area contributed by atoms with E-state index in [1.807, 2.05) is 37.3 Å². The molecule has 8 nitrogen and oxygen atoms in total. The number of nitrogens with zero attached hydrogens (tertiary/aromatic N) is 3. The third-order valence-corrected chi connectivity index (χ3v) is 6.81. The van der Waals surface area contributed by atoms with E-state index in [4.69, 9.17) is 4.42 Å². The van der Waals surface area contributed by atoms with Gasteiger partial charge in [-0.15, -0.1) is 10.2 Å². The van der Waals surface area contributed by atoms with Gasteiger partial charge < -0.3 is 15.1 Å². The maximum absolute atomic E-state index is 13.4. The number of thioether (sulfide) groups is 1. The Balaban J connectivity index is 1.48. The van der Waals surface area contributed by atoms with Crippen LogP contribution in [-0.4, -0.2) is 32.8 Å². The Morgan fingerprint density at radius 1 is 1.30 bits per heavy atom. The Morgan fingerprint density at radius 2 is 2.10 bits per heavy atom. The lowest BCUT2D eigenvalue weighted by Gasteiger charge is -2.42. The lowest BCUT2D eigenvalue weighted by molar-refractivity contribution is -0.126. The number of amides is 2. The van der Waals surface area contributed by atoms with E-state index < -0.39 is 10.8 Å². The molecule has 0 radical (unpaired) electrons. The summed E-state index contributed by atoms with van der Waals surface area (Å²) in [5.41, 5.74) is 0.322. The van der Waals surface area contributed by atoms with E-state index in [9.17, 15) is 9.59 Å². The molecule has 30 heavy (non-hydrogen) atoms. The van der Waals surface area contributed by atoms with E-state index in [2.05, 4.69) is 20.8 Å². The van der Waals surface area contributed by atoms with E-state index in [0.717, 1.165) is 5.76 Å². The van der Waals surface area contributed by atoms with Gasteiger partial charge >= 0.3 is 0 Å². The van der Waals surface area contributed by atoms with Crippen LogP contribution in [0.15, 0.2) is 51.4 Å². The van der Waals surface area contributed by atoms with Crippen molar-refractivity contribution in [2.24, 2.45) is 0 Å². The fourth-order valence-electron chi connectivity index (χ4n) is 3.13. The second kappa shape index (κ2) is 8.11. The average molecular weight is 444 g/mol. The van der Waals surface area contributed by atoms with Gasteiger partial charge in [-0.1, -0.05) is 35.2 Å². The summed E-state index contributed by atoms with van der Waals surface area (Å²) < 4.78 is 5.96. The number of furan rings is 1. The van der Waals surface area contributed by atoms with Gasteiger partial charge in [0.2, 0.25) is 16.9 Å². The molecule has 1 aliphatic rings. The Kier molecular flexibility index (Phi) is 5.52. The van der Waals surface area contributed by atoms with E-state index in [-0.39, 0.29) is 11.8 Å². The average Bonchev–Trinajstić information content (AvgIpc) is 3.38. The van der Waals surface area contributed by atoms with Crippen molar-refractivity contribution in [3.05, 3.63) is 48.4 Å². The molecule has 0 saturated heterocycles. The molecule has 0 saturated carbocycles. The van der Waals surface area contributed by atoms with Gasteiger partial charge in [-0.3, -0.25) is 14.5 Å². The quantitative estimate of drug-likeness (QED) is 0.556. The molecule has 2 aromatic heterocycles. The van der Waals surface area contributed by atoms with Crippen LogP contribution in [-0.2, 0) is 16.1 Å². The second-order valence-corrected chi connectivity index (χ2v) is 9.84. The smallest absolute Gasteiger partial charge is 0.250 e. The van der Waals surface area contributed by atoms with Crippen molar-refractivity contribution < 1.29 is 14.0 Å². The molecule has 2 N–H and O–H groups in total. The highest BCUT2D eigenvalue weighted by Gasteiger charge is 2.44. The van der Waals surface area contributed by atoms with Crippen LogP contribution in [0.4, 0.5) is 16.5 Å². The Morgan fingerprint density at radius 3 is 2.87 bits per heavy atom. The molecule has 156 valence electrons. The molecule has 0 unspecified atom stereocenters. The fraction of sp³-hybridized carbons (Fsp3) is 0.300. The minimum atomic E-state index is -1.00. The van der Waals surface area contributed by atoms with Gasteiger partial charge in [0.1, 0.15) is 11.3 Å². The highest BCUT2D eigenvalue weighted by Crippen LogP contribution is 2.39. The minimum absolute atomic E-state index is 0.160. The zero-order valence-electron chi connectivity index (χ0n) is 16.7. The number of carbonyl (C=O) groups is 2. The van der Waals surface area contributed by atoms with Crippen LogP contribution in [0.5, 0.6) is 0 Å². The van der Waals surface area contributed by atoms with E-state index in [1.165, 1.54) is 23.1 Å². The van der Waals surface area contributed by atoms with Crippen LogP contribution in [0.2, 0.25) is 0 Å². The van der Waals surface area contributed by atoms with Crippen molar-refractivity contribution >= 4 is 51.4 Å². The summed E-state index contributed by atoms with van der Waals surface area (Å²) in [7, 11) is 0. The van der Waals surface area contributed by atoms with Crippen molar-refractivity contribution in [1.29, 1.82) is 0 Å². The first-order chi connectivity index (χ1) is 14.4. The largest absolute Gasteiger partial charge is 0.467 e. The molecule has 10 heteroatoms. The maximum atomic E-state index is 13.4. The van der Waals surface area contributed by atoms with E-state index in [0.29, 0.717) is 27.4 Å². The SMILES string of the molecule is C[C@@H](Sc1nnc(NCc2ccco2)s1)C(=O)N1c2ccccc2NC(=O)C1(C)C. The van der Waals surface area contributed by atoms with Gasteiger partial charge in [-0.25, -0.2) is 0 Å². The van der Waals surface area contributed by atoms with Crippen LogP contribution < -0.4 is 15.5 Å². The van der Waals surface area contributed by atoms with Crippen LogP contribution >= 0.6 is 23.1 Å². The van der Waals surface area contributed by atoms with Gasteiger partial charge in [0.25, 0.3) is 0 Å². The number of carbonyl (C=O) groups excluding carboxylic acids is 2. The number of para-hydroxylation sites is 2. The number of nitrogens with one attached hydrogen (secondary N) is 2. The third kappa shape index (κ3) is 3.92. The molecule has 0 spiro atoms.